The third-order valence-corrected chi connectivity index (χ3v) is 3.43. The largest absolute Gasteiger partial charge is 0.479 e. The molecule has 1 saturated heterocycles. The molecule has 0 bridgehead atoms. The van der Waals surface area contributed by atoms with Crippen LogP contribution in [0.3, 0.4) is 0 Å². The molecule has 2 amide bonds. The number of hydrogen-bond donors (Lipinski definition) is 3. The average Bonchev–Trinajstić information content (AvgIpc) is 2.95. The van der Waals surface area contributed by atoms with Crippen LogP contribution in [0.15, 0.2) is 24.5 Å². The number of rotatable bonds is 5. The molecule has 0 aromatic carbocycles. The number of ether oxygens (including phenoxy) is 1. The smallest absolute Gasteiger partial charge is 0.332 e. The lowest BCUT2D eigenvalue weighted by Crippen LogP contribution is -2.41. The van der Waals surface area contributed by atoms with Crippen molar-refractivity contribution in [3.8, 4) is 0 Å². The van der Waals surface area contributed by atoms with Crippen LogP contribution in [0.25, 0.3) is 0 Å². The number of aliphatic carboxylic acids is 1. The van der Waals surface area contributed by atoms with Crippen LogP contribution in [0.1, 0.15) is 31.4 Å². The van der Waals surface area contributed by atoms with Gasteiger partial charge >= 0.3 is 12.0 Å². The van der Waals surface area contributed by atoms with Gasteiger partial charge in [-0.05, 0) is 37.5 Å². The maximum Gasteiger partial charge on any atom is 0.332 e. The third-order valence-electron chi connectivity index (χ3n) is 3.43. The Morgan fingerprint density at radius 1 is 1.43 bits per heavy atom. The first kappa shape index (κ1) is 15.2. The fourth-order valence-corrected chi connectivity index (χ4v) is 2.23. The van der Waals surface area contributed by atoms with E-state index in [-0.39, 0.29) is 18.2 Å². The van der Waals surface area contributed by atoms with Crippen molar-refractivity contribution in [2.24, 2.45) is 0 Å². The Bertz CT molecular complexity index is 494. The molecule has 3 atom stereocenters. The minimum absolute atomic E-state index is 0.135. The standard InChI is InChI=1S/C14H19N3O4/c1-9(10-4-6-15-7-5-10)17-14(20)16-8-11-2-3-12(21-11)13(18)19/h4-7,9,11-12H,2-3,8H2,1H3,(H,18,19)(H2,16,17,20). The number of pyridine rings is 1. The van der Waals surface area contributed by atoms with Gasteiger partial charge in [-0.15, -0.1) is 0 Å². The predicted molar refractivity (Wildman–Crippen MR) is 74.7 cm³/mol. The quantitative estimate of drug-likeness (QED) is 0.754. The van der Waals surface area contributed by atoms with Gasteiger partial charge in [0.15, 0.2) is 6.10 Å². The van der Waals surface area contributed by atoms with Gasteiger partial charge in [-0.1, -0.05) is 0 Å². The number of carbonyl (C=O) groups is 2. The van der Waals surface area contributed by atoms with Gasteiger partial charge in [0.2, 0.25) is 0 Å². The van der Waals surface area contributed by atoms with E-state index in [1.807, 2.05) is 19.1 Å². The summed E-state index contributed by atoms with van der Waals surface area (Å²) >= 11 is 0. The summed E-state index contributed by atoms with van der Waals surface area (Å²) in [7, 11) is 0. The molecule has 1 aliphatic heterocycles. The zero-order valence-electron chi connectivity index (χ0n) is 11.8. The molecule has 7 heteroatoms. The highest BCUT2D eigenvalue weighted by molar-refractivity contribution is 5.74. The van der Waals surface area contributed by atoms with E-state index in [9.17, 15) is 9.59 Å². The maximum atomic E-state index is 11.8. The van der Waals surface area contributed by atoms with Crippen LogP contribution in [-0.4, -0.2) is 40.8 Å². The van der Waals surface area contributed by atoms with E-state index in [1.54, 1.807) is 12.4 Å². The van der Waals surface area contributed by atoms with E-state index < -0.39 is 12.1 Å². The number of nitrogens with zero attached hydrogens (tertiary/aromatic N) is 1. The molecule has 21 heavy (non-hydrogen) atoms. The van der Waals surface area contributed by atoms with Crippen LogP contribution in [0, 0.1) is 0 Å². The molecular formula is C14H19N3O4. The summed E-state index contributed by atoms with van der Waals surface area (Å²) in [5.41, 5.74) is 0.961. The molecule has 0 aliphatic carbocycles. The van der Waals surface area contributed by atoms with E-state index in [1.165, 1.54) is 0 Å². The van der Waals surface area contributed by atoms with Gasteiger partial charge in [-0.25, -0.2) is 9.59 Å². The van der Waals surface area contributed by atoms with Crippen LogP contribution in [-0.2, 0) is 9.53 Å². The van der Waals surface area contributed by atoms with Gasteiger partial charge in [0.25, 0.3) is 0 Å². The maximum absolute atomic E-state index is 11.8. The molecule has 1 aromatic heterocycles. The number of urea groups is 1. The Morgan fingerprint density at radius 3 is 2.76 bits per heavy atom. The van der Waals surface area contributed by atoms with E-state index in [0.717, 1.165) is 5.56 Å². The van der Waals surface area contributed by atoms with Crippen molar-refractivity contribution >= 4 is 12.0 Å². The van der Waals surface area contributed by atoms with Gasteiger partial charge in [0, 0.05) is 18.9 Å². The van der Waals surface area contributed by atoms with Crippen LogP contribution in [0.4, 0.5) is 4.79 Å². The summed E-state index contributed by atoms with van der Waals surface area (Å²) in [6.07, 6.45) is 3.46. The lowest BCUT2D eigenvalue weighted by Gasteiger charge is -2.16. The molecule has 0 saturated carbocycles. The summed E-state index contributed by atoms with van der Waals surface area (Å²) in [6, 6.07) is 3.23. The van der Waals surface area contributed by atoms with Crippen molar-refractivity contribution in [3.05, 3.63) is 30.1 Å². The Labute approximate surface area is 122 Å². The zero-order chi connectivity index (χ0) is 15.2. The number of carboxylic acids is 1. The van der Waals surface area contributed by atoms with Gasteiger partial charge in [0.1, 0.15) is 0 Å². The number of aromatic nitrogens is 1. The van der Waals surface area contributed by atoms with Crippen LogP contribution < -0.4 is 10.6 Å². The fraction of sp³-hybridized carbons (Fsp3) is 0.500. The molecule has 1 aliphatic rings. The second-order valence-corrected chi connectivity index (χ2v) is 5.02. The molecule has 114 valence electrons. The van der Waals surface area contributed by atoms with Gasteiger partial charge in [-0.2, -0.15) is 0 Å². The molecular weight excluding hydrogens is 274 g/mol. The number of nitrogens with one attached hydrogen (secondary N) is 2. The third kappa shape index (κ3) is 4.42. The second kappa shape index (κ2) is 7.03. The Kier molecular flexibility index (Phi) is 5.10. The van der Waals surface area contributed by atoms with E-state index in [2.05, 4.69) is 15.6 Å². The summed E-state index contributed by atoms with van der Waals surface area (Å²) in [5.74, 6) is -0.951. The molecule has 2 heterocycles. The highest BCUT2D eigenvalue weighted by atomic mass is 16.5. The molecule has 3 N–H and O–H groups in total. The molecule has 0 spiro atoms. The van der Waals surface area contributed by atoms with Crippen molar-refractivity contribution in [2.45, 2.75) is 38.0 Å². The summed E-state index contributed by atoms with van der Waals surface area (Å²) < 4.78 is 5.31. The molecule has 2 rings (SSSR count). The summed E-state index contributed by atoms with van der Waals surface area (Å²) in [5, 5.41) is 14.3. The average molecular weight is 293 g/mol. The zero-order valence-corrected chi connectivity index (χ0v) is 11.8. The monoisotopic (exact) mass is 293 g/mol. The van der Waals surface area contributed by atoms with Gasteiger partial charge in [0.05, 0.1) is 12.1 Å². The summed E-state index contributed by atoms with van der Waals surface area (Å²) in [4.78, 5) is 26.5. The van der Waals surface area contributed by atoms with Crippen LogP contribution >= 0.6 is 0 Å². The SMILES string of the molecule is CC(NC(=O)NCC1CCC(C(=O)O)O1)c1ccncc1. The normalized spacial score (nSPS) is 22.5. The minimum atomic E-state index is -0.951. The van der Waals surface area contributed by atoms with Crippen LogP contribution in [0.2, 0.25) is 0 Å². The van der Waals surface area contributed by atoms with E-state index in [0.29, 0.717) is 19.4 Å². The lowest BCUT2D eigenvalue weighted by atomic mass is 10.1. The first-order valence-electron chi connectivity index (χ1n) is 6.89. The molecule has 3 unspecified atom stereocenters. The van der Waals surface area contributed by atoms with Crippen molar-refractivity contribution in [1.82, 2.24) is 15.6 Å². The lowest BCUT2D eigenvalue weighted by molar-refractivity contribution is -0.149. The Hall–Kier alpha value is -2.15. The number of carbonyl (C=O) groups excluding carboxylic acids is 1. The van der Waals surface area contributed by atoms with Crippen molar-refractivity contribution < 1.29 is 19.4 Å². The highest BCUT2D eigenvalue weighted by Crippen LogP contribution is 2.19. The molecule has 7 nitrogen and oxygen atoms in total. The highest BCUT2D eigenvalue weighted by Gasteiger charge is 2.30. The van der Waals surface area contributed by atoms with Crippen molar-refractivity contribution in [3.63, 3.8) is 0 Å². The minimum Gasteiger partial charge on any atom is -0.479 e. The number of hydrogen-bond acceptors (Lipinski definition) is 4. The second-order valence-electron chi connectivity index (χ2n) is 5.02. The predicted octanol–water partition coefficient (Wildman–Crippen LogP) is 1.07. The topological polar surface area (TPSA) is 101 Å². The number of carboxylic acid groups (broad SMARTS) is 1. The van der Waals surface area contributed by atoms with E-state index in [4.69, 9.17) is 9.84 Å². The van der Waals surface area contributed by atoms with Gasteiger partial charge < -0.3 is 20.5 Å². The first-order chi connectivity index (χ1) is 10.1. The summed E-state index contributed by atoms with van der Waals surface area (Å²) in [6.45, 7) is 2.18. The van der Waals surface area contributed by atoms with Crippen molar-refractivity contribution in [2.75, 3.05) is 6.54 Å². The van der Waals surface area contributed by atoms with Crippen molar-refractivity contribution in [1.29, 1.82) is 0 Å². The fourth-order valence-electron chi connectivity index (χ4n) is 2.23. The molecule has 0 radical (unpaired) electrons. The molecule has 1 fully saturated rings. The van der Waals surface area contributed by atoms with Gasteiger partial charge in [-0.3, -0.25) is 4.98 Å². The van der Waals surface area contributed by atoms with E-state index >= 15 is 0 Å². The Balaban J connectivity index is 1.72. The number of amides is 2. The first-order valence-corrected chi connectivity index (χ1v) is 6.89. The van der Waals surface area contributed by atoms with Crippen LogP contribution in [0.5, 0.6) is 0 Å². The Morgan fingerprint density at radius 2 is 2.14 bits per heavy atom. The molecule has 1 aromatic rings.